The third-order valence-electron chi connectivity index (χ3n) is 5.31. The van der Waals surface area contributed by atoms with E-state index in [1.807, 2.05) is 0 Å². The van der Waals surface area contributed by atoms with Crippen molar-refractivity contribution in [3.05, 3.63) is 52.5 Å². The van der Waals surface area contributed by atoms with Crippen LogP contribution in [0.2, 0.25) is 0 Å². The Hall–Kier alpha value is -3.89. The van der Waals surface area contributed by atoms with Crippen molar-refractivity contribution in [1.82, 2.24) is 9.88 Å². The second kappa shape index (κ2) is 8.33. The number of methoxy groups -OCH3 is 1. The molecule has 1 aliphatic rings. The van der Waals surface area contributed by atoms with Crippen molar-refractivity contribution in [2.24, 2.45) is 0 Å². The smallest absolute Gasteiger partial charge is 0.417 e. The lowest BCUT2D eigenvalue weighted by atomic mass is 10.1. The molecule has 1 saturated heterocycles. The van der Waals surface area contributed by atoms with E-state index in [1.54, 1.807) is 17.9 Å². The van der Waals surface area contributed by atoms with Crippen LogP contribution in [0.5, 0.6) is 5.75 Å². The van der Waals surface area contributed by atoms with Crippen LogP contribution in [0.4, 0.5) is 20.2 Å². The molecule has 1 aliphatic heterocycles. The monoisotopic (exact) mass is 446 g/mol. The highest BCUT2D eigenvalue weighted by molar-refractivity contribution is 6.39. The molecule has 0 aliphatic carbocycles. The molecule has 168 valence electrons. The lowest BCUT2D eigenvalue weighted by Crippen LogP contribution is -2.56. The maximum Gasteiger partial charge on any atom is 0.417 e. The molecule has 2 heterocycles. The minimum Gasteiger partial charge on any atom is -0.491 e. The molecule has 11 heteroatoms. The van der Waals surface area contributed by atoms with Crippen molar-refractivity contribution >= 4 is 34.3 Å². The fraction of sp³-hybridized carbons (Fsp3) is 0.286. The first-order valence-electron chi connectivity index (χ1n) is 9.79. The van der Waals surface area contributed by atoms with Crippen LogP contribution in [0, 0.1) is 11.6 Å². The lowest BCUT2D eigenvalue weighted by molar-refractivity contribution is -0.144. The zero-order valence-corrected chi connectivity index (χ0v) is 17.3. The average Bonchev–Trinajstić information content (AvgIpc) is 3.12. The number of amides is 2. The van der Waals surface area contributed by atoms with E-state index in [0.717, 1.165) is 0 Å². The molecule has 1 fully saturated rings. The Bertz CT molecular complexity index is 1230. The van der Waals surface area contributed by atoms with E-state index in [0.29, 0.717) is 16.9 Å². The largest absolute Gasteiger partial charge is 0.491 e. The zero-order chi connectivity index (χ0) is 23.0. The number of fused-ring (bicyclic) bond motifs is 1. The van der Waals surface area contributed by atoms with Crippen molar-refractivity contribution in [2.45, 2.75) is 13.0 Å². The number of rotatable bonds is 3. The summed E-state index contributed by atoms with van der Waals surface area (Å²) in [6.45, 7) is 2.50. The van der Waals surface area contributed by atoms with Gasteiger partial charge in [0.05, 0.1) is 12.6 Å². The van der Waals surface area contributed by atoms with Crippen LogP contribution in [0.1, 0.15) is 6.92 Å². The van der Waals surface area contributed by atoms with E-state index < -0.39 is 35.0 Å². The van der Waals surface area contributed by atoms with Crippen molar-refractivity contribution in [2.75, 3.05) is 37.0 Å². The molecule has 0 spiro atoms. The Morgan fingerprint density at radius 1 is 1.19 bits per heavy atom. The number of benzene rings is 2. The number of piperazine rings is 1. The summed E-state index contributed by atoms with van der Waals surface area (Å²) in [7, 11) is 1.19. The summed E-state index contributed by atoms with van der Waals surface area (Å²) < 4.78 is 37.7. The highest BCUT2D eigenvalue weighted by Gasteiger charge is 2.32. The molecule has 2 aromatic carbocycles. The van der Waals surface area contributed by atoms with Crippen molar-refractivity contribution < 1.29 is 27.5 Å². The predicted octanol–water partition coefficient (Wildman–Crippen LogP) is 2.08. The number of aromatic nitrogens is 1. The van der Waals surface area contributed by atoms with Gasteiger partial charge in [-0.15, -0.1) is 0 Å². The molecule has 32 heavy (non-hydrogen) atoms. The summed E-state index contributed by atoms with van der Waals surface area (Å²) in [5.74, 6) is -4.29. The molecule has 0 unspecified atom stereocenters. The van der Waals surface area contributed by atoms with Crippen molar-refractivity contribution in [1.29, 1.82) is 0 Å². The van der Waals surface area contributed by atoms with E-state index in [2.05, 4.69) is 10.3 Å². The number of carbonyl (C=O) groups excluding carboxylic acids is 2. The van der Waals surface area contributed by atoms with Gasteiger partial charge in [0.25, 0.3) is 0 Å². The summed E-state index contributed by atoms with van der Waals surface area (Å²) in [4.78, 5) is 42.0. The summed E-state index contributed by atoms with van der Waals surface area (Å²) in [6, 6.07) is 6.48. The Morgan fingerprint density at radius 2 is 1.91 bits per heavy atom. The van der Waals surface area contributed by atoms with E-state index in [4.69, 9.17) is 9.15 Å². The second-order valence-corrected chi connectivity index (χ2v) is 7.42. The van der Waals surface area contributed by atoms with Gasteiger partial charge in [0.15, 0.2) is 23.0 Å². The topological polar surface area (TPSA) is 108 Å². The van der Waals surface area contributed by atoms with Gasteiger partial charge in [-0.3, -0.25) is 14.6 Å². The van der Waals surface area contributed by atoms with Crippen LogP contribution in [-0.2, 0) is 9.59 Å². The zero-order valence-electron chi connectivity index (χ0n) is 17.3. The Balaban J connectivity index is 1.42. The van der Waals surface area contributed by atoms with Gasteiger partial charge in [-0.2, -0.15) is 0 Å². The van der Waals surface area contributed by atoms with Gasteiger partial charge in [0.1, 0.15) is 0 Å². The highest BCUT2D eigenvalue weighted by atomic mass is 19.1. The van der Waals surface area contributed by atoms with Gasteiger partial charge in [0.2, 0.25) is 0 Å². The first-order chi connectivity index (χ1) is 15.3. The van der Waals surface area contributed by atoms with Gasteiger partial charge in [-0.05, 0) is 19.1 Å². The average molecular weight is 446 g/mol. The first-order valence-corrected chi connectivity index (χ1v) is 9.79. The van der Waals surface area contributed by atoms with Crippen molar-refractivity contribution in [3.63, 3.8) is 0 Å². The number of aromatic amines is 1. The molecule has 1 atom stereocenters. The van der Waals surface area contributed by atoms with Crippen molar-refractivity contribution in [3.8, 4) is 5.75 Å². The van der Waals surface area contributed by atoms with Gasteiger partial charge in [-0.25, -0.2) is 13.6 Å². The molecular weight excluding hydrogens is 426 g/mol. The van der Waals surface area contributed by atoms with E-state index in [-0.39, 0.29) is 31.3 Å². The van der Waals surface area contributed by atoms with Crippen LogP contribution in [-0.4, -0.2) is 54.5 Å². The van der Waals surface area contributed by atoms with Gasteiger partial charge in [0, 0.05) is 55.2 Å². The number of anilines is 2. The number of H-pyrrole nitrogens is 1. The standard InChI is InChI=1S/C21H20F2N4O5/c1-11-10-26(13-8-14(22)18(31-2)15(23)9-13)5-6-27(11)20(29)19(28)24-12-3-4-16-17(7-12)32-21(30)25-16/h3-4,7-9,11H,5-6,10H2,1-2H3,(H,24,28)(H,25,30)/t11-/m1/s1. The molecule has 0 bridgehead atoms. The van der Waals surface area contributed by atoms with Gasteiger partial charge < -0.3 is 24.3 Å². The van der Waals surface area contributed by atoms with E-state index in [9.17, 15) is 23.2 Å². The summed E-state index contributed by atoms with van der Waals surface area (Å²) >= 11 is 0. The van der Waals surface area contributed by atoms with Crippen LogP contribution in [0.15, 0.2) is 39.5 Å². The third kappa shape index (κ3) is 4.01. The number of hydrogen-bond acceptors (Lipinski definition) is 6. The Kier molecular flexibility index (Phi) is 5.56. The molecule has 2 amide bonds. The maximum atomic E-state index is 14.0. The molecule has 3 aromatic rings. The third-order valence-corrected chi connectivity index (χ3v) is 5.31. The fourth-order valence-electron chi connectivity index (χ4n) is 3.76. The van der Waals surface area contributed by atoms with Gasteiger partial charge >= 0.3 is 17.6 Å². The molecule has 0 radical (unpaired) electrons. The molecule has 1 aromatic heterocycles. The number of hydrogen-bond donors (Lipinski definition) is 2. The number of carbonyl (C=O) groups is 2. The Morgan fingerprint density at radius 3 is 2.56 bits per heavy atom. The first kappa shape index (κ1) is 21.3. The predicted molar refractivity (Wildman–Crippen MR) is 112 cm³/mol. The lowest BCUT2D eigenvalue weighted by Gasteiger charge is -2.40. The van der Waals surface area contributed by atoms with Crippen LogP contribution in [0.3, 0.4) is 0 Å². The minimum absolute atomic E-state index is 0.189. The number of nitrogens with zero attached hydrogens (tertiary/aromatic N) is 2. The molecular formula is C21H20F2N4O5. The summed E-state index contributed by atoms with van der Waals surface area (Å²) in [5.41, 5.74) is 1.34. The maximum absolute atomic E-state index is 14.0. The summed E-state index contributed by atoms with van der Waals surface area (Å²) in [6.07, 6.45) is 0. The SMILES string of the molecule is COc1c(F)cc(N2CCN(C(=O)C(=O)Nc3ccc4[nH]c(=O)oc4c3)[C@H](C)C2)cc1F. The number of nitrogens with one attached hydrogen (secondary N) is 2. The van der Waals surface area contributed by atoms with E-state index >= 15 is 0 Å². The second-order valence-electron chi connectivity index (χ2n) is 7.42. The normalized spacial score (nSPS) is 16.3. The fourth-order valence-corrected chi connectivity index (χ4v) is 3.76. The number of oxazole rings is 1. The highest BCUT2D eigenvalue weighted by Crippen LogP contribution is 2.29. The van der Waals surface area contributed by atoms with Crippen LogP contribution in [0.25, 0.3) is 11.1 Å². The molecule has 9 nitrogen and oxygen atoms in total. The molecule has 0 saturated carbocycles. The van der Waals surface area contributed by atoms with Crippen LogP contribution < -0.4 is 20.7 Å². The minimum atomic E-state index is -0.843. The number of halogens is 2. The molecule has 4 rings (SSSR count). The number of ether oxygens (including phenoxy) is 1. The Labute approximate surface area is 180 Å². The van der Waals surface area contributed by atoms with Gasteiger partial charge in [-0.1, -0.05) is 0 Å². The van der Waals surface area contributed by atoms with E-state index in [1.165, 1.54) is 36.3 Å². The molecule has 2 N–H and O–H groups in total. The van der Waals surface area contributed by atoms with Crippen LogP contribution >= 0.6 is 0 Å². The quantitative estimate of drug-likeness (QED) is 0.597. The summed E-state index contributed by atoms with van der Waals surface area (Å²) in [5, 5.41) is 2.50.